The molecule has 1 aliphatic heterocycles. The number of para-hydroxylation sites is 2. The van der Waals surface area contributed by atoms with Gasteiger partial charge in [0.25, 0.3) is 0 Å². The first-order valence-corrected chi connectivity index (χ1v) is 6.61. The lowest BCUT2D eigenvalue weighted by Gasteiger charge is -2.24. The van der Waals surface area contributed by atoms with Crippen LogP contribution in [0.15, 0.2) is 36.8 Å². The highest BCUT2D eigenvalue weighted by Crippen LogP contribution is 2.33. The molecule has 1 saturated heterocycles. The normalized spacial score (nSPS) is 22.6. The molecule has 3 rings (SSSR count). The minimum Gasteiger partial charge on any atom is -0.495 e. The van der Waals surface area contributed by atoms with Crippen LogP contribution in [0.3, 0.4) is 0 Å². The molecule has 1 aliphatic rings. The maximum atomic E-state index is 5.46. The van der Waals surface area contributed by atoms with Crippen LogP contribution < -0.4 is 10.1 Å². The third kappa shape index (κ3) is 2.02. The molecule has 4 heteroatoms. The third-order valence-corrected chi connectivity index (χ3v) is 3.97. The number of aromatic nitrogens is 2. The number of hydrogen-bond acceptors (Lipinski definition) is 3. The van der Waals surface area contributed by atoms with Crippen LogP contribution in [0, 0.1) is 0 Å². The summed E-state index contributed by atoms with van der Waals surface area (Å²) in [7, 11) is 1.70. The molecule has 0 spiro atoms. The Kier molecular flexibility index (Phi) is 3.03. The van der Waals surface area contributed by atoms with Gasteiger partial charge in [-0.2, -0.15) is 0 Å². The highest BCUT2D eigenvalue weighted by atomic mass is 16.5. The molecule has 0 radical (unpaired) electrons. The number of hydrogen-bond donors (Lipinski definition) is 1. The van der Waals surface area contributed by atoms with E-state index < -0.39 is 0 Å². The summed E-state index contributed by atoms with van der Waals surface area (Å²) in [6, 6.07) is 8.05. The van der Waals surface area contributed by atoms with Gasteiger partial charge in [-0.3, -0.25) is 4.57 Å². The summed E-state index contributed by atoms with van der Waals surface area (Å²) in [6.45, 7) is 4.34. The van der Waals surface area contributed by atoms with E-state index in [9.17, 15) is 0 Å². The molecule has 100 valence electrons. The van der Waals surface area contributed by atoms with Crippen LogP contribution in [0.1, 0.15) is 19.0 Å². The van der Waals surface area contributed by atoms with Crippen molar-refractivity contribution >= 4 is 0 Å². The van der Waals surface area contributed by atoms with Crippen LogP contribution in [-0.4, -0.2) is 29.8 Å². The number of rotatable bonds is 3. The Morgan fingerprint density at radius 1 is 1.37 bits per heavy atom. The summed E-state index contributed by atoms with van der Waals surface area (Å²) in [6.07, 6.45) is 4.98. The average Bonchev–Trinajstić information content (AvgIpc) is 3.08. The molecule has 2 heterocycles. The Labute approximate surface area is 113 Å². The van der Waals surface area contributed by atoms with Gasteiger partial charge in [0.2, 0.25) is 0 Å². The first-order chi connectivity index (χ1) is 9.24. The molecule has 2 aromatic rings. The van der Waals surface area contributed by atoms with Gasteiger partial charge in [-0.25, -0.2) is 4.98 Å². The van der Waals surface area contributed by atoms with Crippen molar-refractivity contribution in [3.8, 4) is 11.4 Å². The summed E-state index contributed by atoms with van der Waals surface area (Å²) in [5.74, 6) is 0.872. The van der Waals surface area contributed by atoms with Gasteiger partial charge >= 0.3 is 0 Å². The molecule has 1 N–H and O–H groups in total. The second-order valence-electron chi connectivity index (χ2n) is 5.31. The highest BCUT2D eigenvalue weighted by Gasteiger charge is 2.33. The zero-order valence-corrected chi connectivity index (χ0v) is 11.4. The second kappa shape index (κ2) is 4.70. The predicted octanol–water partition coefficient (Wildman–Crippen LogP) is 2.13. The van der Waals surface area contributed by atoms with Crippen molar-refractivity contribution in [1.29, 1.82) is 0 Å². The molecule has 19 heavy (non-hydrogen) atoms. The Balaban J connectivity index is 2.09. The van der Waals surface area contributed by atoms with E-state index in [0.717, 1.165) is 30.9 Å². The molecule has 1 fully saturated rings. The maximum Gasteiger partial charge on any atom is 0.142 e. The van der Waals surface area contributed by atoms with E-state index in [1.54, 1.807) is 7.11 Å². The maximum absolute atomic E-state index is 5.46. The summed E-state index contributed by atoms with van der Waals surface area (Å²) in [5.41, 5.74) is 2.42. The molecule has 1 atom stereocenters. The molecular weight excluding hydrogens is 238 g/mol. The van der Waals surface area contributed by atoms with Crippen molar-refractivity contribution in [2.75, 3.05) is 20.2 Å². The molecule has 1 unspecified atom stereocenters. The number of nitrogens with zero attached hydrogens (tertiary/aromatic N) is 2. The van der Waals surface area contributed by atoms with Crippen LogP contribution in [0.4, 0.5) is 0 Å². The van der Waals surface area contributed by atoms with E-state index in [4.69, 9.17) is 4.74 Å². The van der Waals surface area contributed by atoms with Crippen LogP contribution in [0.5, 0.6) is 5.75 Å². The van der Waals surface area contributed by atoms with Crippen molar-refractivity contribution in [3.63, 3.8) is 0 Å². The van der Waals surface area contributed by atoms with Crippen LogP contribution in [-0.2, 0) is 5.41 Å². The minimum atomic E-state index is 0.136. The van der Waals surface area contributed by atoms with E-state index >= 15 is 0 Å². The number of nitrogens with one attached hydrogen (secondary N) is 1. The van der Waals surface area contributed by atoms with Crippen molar-refractivity contribution in [2.24, 2.45) is 0 Å². The quantitative estimate of drug-likeness (QED) is 0.915. The van der Waals surface area contributed by atoms with E-state index in [2.05, 4.69) is 27.9 Å². The molecule has 4 nitrogen and oxygen atoms in total. The molecule has 0 saturated carbocycles. The Morgan fingerprint density at radius 2 is 2.21 bits per heavy atom. The van der Waals surface area contributed by atoms with E-state index in [1.807, 2.05) is 30.7 Å². The zero-order valence-electron chi connectivity index (χ0n) is 11.4. The van der Waals surface area contributed by atoms with Crippen molar-refractivity contribution in [3.05, 3.63) is 42.5 Å². The lowest BCUT2D eigenvalue weighted by molar-refractivity contribution is 0.411. The lowest BCUT2D eigenvalue weighted by Crippen LogP contribution is -2.27. The smallest absolute Gasteiger partial charge is 0.142 e. The van der Waals surface area contributed by atoms with Gasteiger partial charge in [0.15, 0.2) is 0 Å². The monoisotopic (exact) mass is 257 g/mol. The Hall–Kier alpha value is -1.81. The van der Waals surface area contributed by atoms with Crippen LogP contribution in [0.25, 0.3) is 5.69 Å². The number of imidazole rings is 1. The fourth-order valence-electron chi connectivity index (χ4n) is 2.80. The number of benzene rings is 1. The van der Waals surface area contributed by atoms with Gasteiger partial charge in [0, 0.05) is 23.9 Å². The molecule has 0 amide bonds. The summed E-state index contributed by atoms with van der Waals surface area (Å²) in [5, 5.41) is 3.44. The number of ether oxygens (including phenoxy) is 1. The second-order valence-corrected chi connectivity index (χ2v) is 5.31. The Morgan fingerprint density at radius 3 is 2.95 bits per heavy atom. The number of methoxy groups -OCH3 is 1. The molecular formula is C15H19N3O. The standard InChI is InChI=1S/C15H19N3O/c1-15(7-8-16-10-15)14-9-17-11-18(14)12-5-3-4-6-13(12)19-2/h3-6,9,11,16H,7-8,10H2,1-2H3. The van der Waals surface area contributed by atoms with Crippen LogP contribution >= 0.6 is 0 Å². The van der Waals surface area contributed by atoms with Gasteiger partial charge in [-0.05, 0) is 25.1 Å². The van der Waals surface area contributed by atoms with Crippen molar-refractivity contribution in [1.82, 2.24) is 14.9 Å². The van der Waals surface area contributed by atoms with Crippen LogP contribution in [0.2, 0.25) is 0 Å². The summed E-state index contributed by atoms with van der Waals surface area (Å²) >= 11 is 0. The van der Waals surface area contributed by atoms with Crippen molar-refractivity contribution < 1.29 is 4.74 Å². The topological polar surface area (TPSA) is 39.1 Å². The fourth-order valence-corrected chi connectivity index (χ4v) is 2.80. The van der Waals surface area contributed by atoms with Crippen molar-refractivity contribution in [2.45, 2.75) is 18.8 Å². The summed E-state index contributed by atoms with van der Waals surface area (Å²) < 4.78 is 7.60. The molecule has 1 aromatic heterocycles. The summed E-state index contributed by atoms with van der Waals surface area (Å²) in [4.78, 5) is 4.34. The lowest BCUT2D eigenvalue weighted by atomic mass is 9.86. The van der Waals surface area contributed by atoms with Gasteiger partial charge in [0.05, 0.1) is 19.1 Å². The van der Waals surface area contributed by atoms with E-state index in [0.29, 0.717) is 0 Å². The van der Waals surface area contributed by atoms with Gasteiger partial charge in [-0.15, -0.1) is 0 Å². The van der Waals surface area contributed by atoms with Gasteiger partial charge in [0.1, 0.15) is 5.75 Å². The Bertz CT molecular complexity index is 570. The molecule has 1 aromatic carbocycles. The largest absolute Gasteiger partial charge is 0.495 e. The first-order valence-electron chi connectivity index (χ1n) is 6.61. The molecule has 0 aliphatic carbocycles. The third-order valence-electron chi connectivity index (χ3n) is 3.97. The SMILES string of the molecule is COc1ccccc1-n1cncc1C1(C)CCNC1. The van der Waals surface area contributed by atoms with E-state index in [1.165, 1.54) is 5.69 Å². The minimum absolute atomic E-state index is 0.136. The predicted molar refractivity (Wildman–Crippen MR) is 75.0 cm³/mol. The highest BCUT2D eigenvalue weighted by molar-refractivity contribution is 5.48. The van der Waals surface area contributed by atoms with Gasteiger partial charge < -0.3 is 10.1 Å². The van der Waals surface area contributed by atoms with Gasteiger partial charge in [-0.1, -0.05) is 19.1 Å². The first kappa shape index (κ1) is 12.2. The average molecular weight is 257 g/mol. The molecule has 0 bridgehead atoms. The van der Waals surface area contributed by atoms with E-state index in [-0.39, 0.29) is 5.41 Å². The zero-order chi connectivity index (χ0) is 13.3. The fraction of sp³-hybridized carbons (Fsp3) is 0.400.